The normalized spacial score (nSPS) is 23.7. The predicted molar refractivity (Wildman–Crippen MR) is 100 cm³/mol. The Morgan fingerprint density at radius 3 is 1.92 bits per heavy atom. The summed E-state index contributed by atoms with van der Waals surface area (Å²) in [6.07, 6.45) is 6.56. The Morgan fingerprint density at radius 2 is 1.40 bits per heavy atom. The minimum Gasteiger partial charge on any atom is -0.465 e. The van der Waals surface area contributed by atoms with Crippen molar-refractivity contribution in [1.82, 2.24) is 0 Å². The van der Waals surface area contributed by atoms with Crippen molar-refractivity contribution < 1.29 is 19.1 Å². The maximum Gasteiger partial charge on any atom is 0.310 e. The molecule has 0 aromatic rings. The topological polar surface area (TPSA) is 52.6 Å². The quantitative estimate of drug-likeness (QED) is 0.409. The molecule has 0 saturated heterocycles. The van der Waals surface area contributed by atoms with Gasteiger partial charge in [-0.1, -0.05) is 41.0 Å². The highest BCUT2D eigenvalue weighted by Gasteiger charge is 2.41. The number of hydrogen-bond donors (Lipinski definition) is 0. The maximum atomic E-state index is 12.6. The molecule has 0 bridgehead atoms. The summed E-state index contributed by atoms with van der Waals surface area (Å²) in [5, 5.41) is 0. The van der Waals surface area contributed by atoms with Crippen LogP contribution in [0.2, 0.25) is 0 Å². The van der Waals surface area contributed by atoms with E-state index in [1.54, 1.807) is 0 Å². The molecule has 1 aliphatic carbocycles. The second-order valence-corrected chi connectivity index (χ2v) is 8.45. The fraction of sp³-hybridized carbons (Fsp3) is 0.905. The van der Waals surface area contributed by atoms with E-state index in [9.17, 15) is 9.59 Å². The van der Waals surface area contributed by atoms with Gasteiger partial charge in [-0.3, -0.25) is 9.59 Å². The van der Waals surface area contributed by atoms with Gasteiger partial charge in [-0.05, 0) is 56.3 Å². The molecule has 0 spiro atoms. The molecule has 146 valence electrons. The molecule has 0 aromatic heterocycles. The first-order chi connectivity index (χ1) is 11.8. The zero-order chi connectivity index (χ0) is 18.8. The molecule has 4 heteroatoms. The summed E-state index contributed by atoms with van der Waals surface area (Å²) < 4.78 is 11.0. The molecule has 0 heterocycles. The molecule has 0 aromatic carbocycles. The Bertz CT molecular complexity index is 403. The predicted octanol–water partition coefficient (Wildman–Crippen LogP) is 5.00. The van der Waals surface area contributed by atoms with Crippen molar-refractivity contribution in [3.63, 3.8) is 0 Å². The first-order valence-corrected chi connectivity index (χ1v) is 10.2. The standard InChI is InChI=1S/C21H38O4/c1-15(2)9-7-13-24-20(22)18-12-6-11-17(5)19(18)21(23)25-14-8-10-16(3)4/h15-19H,6-14H2,1-5H3. The highest BCUT2D eigenvalue weighted by atomic mass is 16.5. The number of ether oxygens (including phenoxy) is 2. The minimum atomic E-state index is -0.342. The van der Waals surface area contributed by atoms with Gasteiger partial charge in [0.25, 0.3) is 0 Å². The third-order valence-electron chi connectivity index (χ3n) is 5.14. The minimum absolute atomic E-state index is 0.180. The van der Waals surface area contributed by atoms with Gasteiger partial charge >= 0.3 is 11.9 Å². The molecule has 1 rings (SSSR count). The van der Waals surface area contributed by atoms with Crippen molar-refractivity contribution in [2.45, 2.75) is 79.6 Å². The van der Waals surface area contributed by atoms with Crippen LogP contribution in [0.3, 0.4) is 0 Å². The van der Waals surface area contributed by atoms with E-state index in [4.69, 9.17) is 9.47 Å². The van der Waals surface area contributed by atoms with Crippen LogP contribution in [-0.2, 0) is 19.1 Å². The molecule has 1 saturated carbocycles. The molecule has 1 aliphatic rings. The average molecular weight is 355 g/mol. The smallest absolute Gasteiger partial charge is 0.310 e. The van der Waals surface area contributed by atoms with Crippen molar-refractivity contribution >= 4 is 11.9 Å². The van der Waals surface area contributed by atoms with E-state index in [2.05, 4.69) is 34.6 Å². The molecular formula is C21H38O4. The zero-order valence-electron chi connectivity index (χ0n) is 16.9. The molecule has 3 unspecified atom stereocenters. The lowest BCUT2D eigenvalue weighted by Crippen LogP contribution is -2.39. The molecular weight excluding hydrogens is 316 g/mol. The molecule has 25 heavy (non-hydrogen) atoms. The number of carbonyl (C=O) groups excluding carboxylic acids is 2. The number of esters is 2. The van der Waals surface area contributed by atoms with E-state index < -0.39 is 0 Å². The Kier molecular flexibility index (Phi) is 10.1. The molecule has 0 N–H and O–H groups in total. The van der Waals surface area contributed by atoms with Gasteiger partial charge in [0.1, 0.15) is 0 Å². The van der Waals surface area contributed by atoms with E-state index in [1.807, 2.05) is 0 Å². The van der Waals surface area contributed by atoms with Gasteiger partial charge in [0.15, 0.2) is 0 Å². The Labute approximate surface area is 154 Å². The summed E-state index contributed by atoms with van der Waals surface area (Å²) in [5.74, 6) is 0.313. The van der Waals surface area contributed by atoms with Crippen molar-refractivity contribution in [2.75, 3.05) is 13.2 Å². The van der Waals surface area contributed by atoms with Crippen LogP contribution in [0, 0.1) is 29.6 Å². The second kappa shape index (κ2) is 11.5. The van der Waals surface area contributed by atoms with Crippen molar-refractivity contribution in [2.24, 2.45) is 29.6 Å². The van der Waals surface area contributed by atoms with Crippen LogP contribution in [0.5, 0.6) is 0 Å². The largest absolute Gasteiger partial charge is 0.465 e. The Balaban J connectivity index is 2.51. The van der Waals surface area contributed by atoms with Gasteiger partial charge in [0.05, 0.1) is 25.0 Å². The van der Waals surface area contributed by atoms with Crippen LogP contribution in [0.25, 0.3) is 0 Å². The first kappa shape index (κ1) is 22.0. The molecule has 3 atom stereocenters. The first-order valence-electron chi connectivity index (χ1n) is 10.2. The fourth-order valence-corrected chi connectivity index (χ4v) is 3.61. The fourth-order valence-electron chi connectivity index (χ4n) is 3.61. The van der Waals surface area contributed by atoms with E-state index >= 15 is 0 Å². The van der Waals surface area contributed by atoms with Crippen LogP contribution in [0.4, 0.5) is 0 Å². The SMILES string of the molecule is CC(C)CCCOC(=O)C1CCCC(C)C1C(=O)OCCCC(C)C. The van der Waals surface area contributed by atoms with Crippen LogP contribution in [0.1, 0.15) is 79.6 Å². The van der Waals surface area contributed by atoms with E-state index in [-0.39, 0.29) is 29.7 Å². The Morgan fingerprint density at radius 1 is 0.880 bits per heavy atom. The van der Waals surface area contributed by atoms with E-state index in [1.165, 1.54) is 0 Å². The van der Waals surface area contributed by atoms with Crippen LogP contribution < -0.4 is 0 Å². The van der Waals surface area contributed by atoms with Gasteiger partial charge in [0.2, 0.25) is 0 Å². The van der Waals surface area contributed by atoms with Gasteiger partial charge in [-0.15, -0.1) is 0 Å². The maximum absolute atomic E-state index is 12.6. The number of hydrogen-bond acceptors (Lipinski definition) is 4. The molecule has 4 nitrogen and oxygen atoms in total. The summed E-state index contributed by atoms with van der Waals surface area (Å²) in [6.45, 7) is 11.6. The average Bonchev–Trinajstić information content (AvgIpc) is 2.54. The van der Waals surface area contributed by atoms with Crippen LogP contribution >= 0.6 is 0 Å². The second-order valence-electron chi connectivity index (χ2n) is 8.45. The number of rotatable bonds is 10. The lowest BCUT2D eigenvalue weighted by Gasteiger charge is -2.33. The van der Waals surface area contributed by atoms with Crippen LogP contribution in [0.15, 0.2) is 0 Å². The van der Waals surface area contributed by atoms with Gasteiger partial charge in [-0.25, -0.2) is 0 Å². The summed E-state index contributed by atoms with van der Waals surface area (Å²) in [6, 6.07) is 0. The highest BCUT2D eigenvalue weighted by Crippen LogP contribution is 2.36. The molecule has 1 fully saturated rings. The summed E-state index contributed by atoms with van der Waals surface area (Å²) >= 11 is 0. The van der Waals surface area contributed by atoms with E-state index in [0.717, 1.165) is 44.9 Å². The summed E-state index contributed by atoms with van der Waals surface area (Å²) in [7, 11) is 0. The van der Waals surface area contributed by atoms with E-state index in [0.29, 0.717) is 25.0 Å². The molecule has 0 aliphatic heterocycles. The number of carbonyl (C=O) groups is 2. The highest BCUT2D eigenvalue weighted by molar-refractivity contribution is 5.82. The lowest BCUT2D eigenvalue weighted by molar-refractivity contribution is -0.165. The summed E-state index contributed by atoms with van der Waals surface area (Å²) in [5.41, 5.74) is 0. The van der Waals surface area contributed by atoms with Crippen molar-refractivity contribution in [3.05, 3.63) is 0 Å². The lowest BCUT2D eigenvalue weighted by atomic mass is 9.73. The van der Waals surface area contributed by atoms with Crippen molar-refractivity contribution in [1.29, 1.82) is 0 Å². The van der Waals surface area contributed by atoms with Gasteiger partial charge in [0, 0.05) is 0 Å². The Hall–Kier alpha value is -1.06. The molecule has 0 amide bonds. The zero-order valence-corrected chi connectivity index (χ0v) is 16.9. The third-order valence-corrected chi connectivity index (χ3v) is 5.14. The third kappa shape index (κ3) is 8.24. The molecule has 0 radical (unpaired) electrons. The van der Waals surface area contributed by atoms with Crippen LogP contribution in [-0.4, -0.2) is 25.2 Å². The van der Waals surface area contributed by atoms with Crippen molar-refractivity contribution in [3.8, 4) is 0 Å². The monoisotopic (exact) mass is 354 g/mol. The summed E-state index contributed by atoms with van der Waals surface area (Å²) in [4.78, 5) is 25.0. The van der Waals surface area contributed by atoms with Gasteiger partial charge < -0.3 is 9.47 Å². The van der Waals surface area contributed by atoms with Gasteiger partial charge in [-0.2, -0.15) is 0 Å².